The zero-order valence-electron chi connectivity index (χ0n) is 7.66. The highest BCUT2D eigenvalue weighted by Crippen LogP contribution is 2.27. The van der Waals surface area contributed by atoms with E-state index in [-0.39, 0.29) is 0 Å². The highest BCUT2D eigenvalue weighted by atomic mass is 127. The third kappa shape index (κ3) is 1.76. The van der Waals surface area contributed by atoms with Gasteiger partial charge in [0.05, 0.1) is 3.57 Å². The molecule has 0 aliphatic heterocycles. The van der Waals surface area contributed by atoms with E-state index in [1.165, 1.54) is 0 Å². The largest absolute Gasteiger partial charge is 0.612 e. The van der Waals surface area contributed by atoms with E-state index in [1.54, 1.807) is 6.26 Å². The number of halogens is 1. The Morgan fingerprint density at radius 2 is 1.86 bits per heavy atom. The average molecular weight is 316 g/mol. The van der Waals surface area contributed by atoms with E-state index in [1.807, 2.05) is 30.3 Å². The van der Waals surface area contributed by atoms with Gasteiger partial charge in [0.15, 0.2) is 4.90 Å². The van der Waals surface area contributed by atoms with Crippen LogP contribution in [0.5, 0.6) is 0 Å². The molecule has 14 heavy (non-hydrogen) atoms. The Balaban J connectivity index is 2.83. The van der Waals surface area contributed by atoms with Crippen molar-refractivity contribution in [2.24, 2.45) is 0 Å². The second-order valence-electron chi connectivity index (χ2n) is 3.05. The van der Waals surface area contributed by atoms with Gasteiger partial charge in [0.2, 0.25) is 0 Å². The quantitative estimate of drug-likeness (QED) is 0.585. The van der Waals surface area contributed by atoms with Crippen LogP contribution in [0.1, 0.15) is 0 Å². The molecule has 2 aromatic carbocycles. The molecule has 1 atom stereocenters. The first-order chi connectivity index (χ1) is 6.70. The van der Waals surface area contributed by atoms with Gasteiger partial charge in [0, 0.05) is 5.39 Å². The van der Waals surface area contributed by atoms with Crippen LogP contribution < -0.4 is 0 Å². The standard InChI is InChI=1S/C11H9IOS/c1-14(13)11-9-5-3-2-4-8(9)6-7-10(11)12/h2-7H,1H3. The molecule has 0 spiro atoms. The molecule has 0 aliphatic carbocycles. The molecule has 0 saturated carbocycles. The van der Waals surface area contributed by atoms with Gasteiger partial charge in [-0.2, -0.15) is 0 Å². The van der Waals surface area contributed by atoms with Gasteiger partial charge in [-0.15, -0.1) is 0 Å². The third-order valence-corrected chi connectivity index (χ3v) is 4.40. The Labute approximate surface area is 99.8 Å². The average Bonchev–Trinajstić information content (AvgIpc) is 2.17. The minimum Gasteiger partial charge on any atom is -0.612 e. The predicted molar refractivity (Wildman–Crippen MR) is 69.0 cm³/mol. The molecule has 72 valence electrons. The third-order valence-electron chi connectivity index (χ3n) is 2.12. The van der Waals surface area contributed by atoms with Crippen LogP contribution >= 0.6 is 22.6 Å². The van der Waals surface area contributed by atoms with Gasteiger partial charge in [-0.1, -0.05) is 24.3 Å². The van der Waals surface area contributed by atoms with Crippen molar-refractivity contribution in [3.63, 3.8) is 0 Å². The topological polar surface area (TPSA) is 23.1 Å². The Bertz CT molecular complexity index is 468. The first-order valence-corrected chi connectivity index (χ1v) is 6.84. The second-order valence-corrected chi connectivity index (χ2v) is 5.53. The number of rotatable bonds is 1. The molecule has 0 amide bonds. The number of fused-ring (bicyclic) bond motifs is 1. The summed E-state index contributed by atoms with van der Waals surface area (Å²) >= 11 is 1.31. The van der Waals surface area contributed by atoms with Crippen molar-refractivity contribution in [3.05, 3.63) is 40.0 Å². The van der Waals surface area contributed by atoms with Crippen molar-refractivity contribution in [2.75, 3.05) is 6.26 Å². The molecule has 0 aromatic heterocycles. The van der Waals surface area contributed by atoms with E-state index in [0.29, 0.717) is 0 Å². The van der Waals surface area contributed by atoms with Gasteiger partial charge in [0.1, 0.15) is 6.26 Å². The van der Waals surface area contributed by atoms with Crippen LogP contribution in [0.15, 0.2) is 41.3 Å². The molecule has 3 heteroatoms. The summed E-state index contributed by atoms with van der Waals surface area (Å²) < 4.78 is 12.7. The molecule has 2 rings (SSSR count). The van der Waals surface area contributed by atoms with Crippen LogP contribution in [0.4, 0.5) is 0 Å². The van der Waals surface area contributed by atoms with E-state index in [0.717, 1.165) is 19.2 Å². The van der Waals surface area contributed by atoms with Crippen molar-refractivity contribution in [1.82, 2.24) is 0 Å². The summed E-state index contributed by atoms with van der Waals surface area (Å²) in [5.74, 6) is 0. The second kappa shape index (κ2) is 4.08. The minimum atomic E-state index is -0.923. The molecule has 0 aliphatic rings. The Kier molecular flexibility index (Phi) is 2.99. The highest BCUT2D eigenvalue weighted by Gasteiger charge is 2.13. The molecular formula is C11H9IOS. The van der Waals surface area contributed by atoms with Crippen molar-refractivity contribution in [3.8, 4) is 0 Å². The molecule has 0 saturated heterocycles. The summed E-state index contributed by atoms with van der Waals surface area (Å²) in [5, 5.41) is 2.25. The summed E-state index contributed by atoms with van der Waals surface area (Å²) in [7, 11) is 0. The molecule has 0 fully saturated rings. The van der Waals surface area contributed by atoms with Gasteiger partial charge in [0.25, 0.3) is 0 Å². The predicted octanol–water partition coefficient (Wildman–Crippen LogP) is 3.18. The molecule has 2 aromatic rings. The molecule has 0 bridgehead atoms. The van der Waals surface area contributed by atoms with Crippen molar-refractivity contribution in [1.29, 1.82) is 0 Å². The van der Waals surface area contributed by atoms with Crippen LogP contribution in [0.25, 0.3) is 10.8 Å². The lowest BCUT2D eigenvalue weighted by Crippen LogP contribution is -2.01. The number of benzene rings is 2. The summed E-state index contributed by atoms with van der Waals surface area (Å²) in [5.41, 5.74) is 0. The molecule has 0 N–H and O–H groups in total. The van der Waals surface area contributed by atoms with Crippen molar-refractivity contribution < 1.29 is 4.55 Å². The maximum atomic E-state index is 11.6. The minimum absolute atomic E-state index is 0.923. The van der Waals surface area contributed by atoms with Gasteiger partial charge < -0.3 is 4.55 Å². The molecular weight excluding hydrogens is 307 g/mol. The van der Waals surface area contributed by atoms with E-state index in [9.17, 15) is 4.55 Å². The zero-order chi connectivity index (χ0) is 10.1. The van der Waals surface area contributed by atoms with Crippen molar-refractivity contribution in [2.45, 2.75) is 4.90 Å². The fraction of sp³-hybridized carbons (Fsp3) is 0.0909. The number of hydrogen-bond acceptors (Lipinski definition) is 1. The Morgan fingerprint density at radius 3 is 2.57 bits per heavy atom. The van der Waals surface area contributed by atoms with Crippen LogP contribution in [0, 0.1) is 3.57 Å². The van der Waals surface area contributed by atoms with E-state index in [2.05, 4.69) is 28.7 Å². The monoisotopic (exact) mass is 316 g/mol. The Morgan fingerprint density at radius 1 is 1.14 bits per heavy atom. The molecule has 1 unspecified atom stereocenters. The van der Waals surface area contributed by atoms with E-state index < -0.39 is 11.2 Å². The Hall–Kier alpha value is -0.260. The lowest BCUT2D eigenvalue weighted by molar-refractivity contribution is 0.601. The van der Waals surface area contributed by atoms with Crippen LogP contribution in [0.2, 0.25) is 0 Å². The first kappa shape index (κ1) is 10.3. The fourth-order valence-corrected chi connectivity index (χ4v) is 3.75. The number of hydrogen-bond donors (Lipinski definition) is 0. The smallest absolute Gasteiger partial charge is 0.173 e. The van der Waals surface area contributed by atoms with Gasteiger partial charge in [-0.3, -0.25) is 0 Å². The first-order valence-electron chi connectivity index (χ1n) is 4.21. The normalized spacial score (nSPS) is 13.1. The maximum absolute atomic E-state index is 11.6. The van der Waals surface area contributed by atoms with E-state index in [4.69, 9.17) is 0 Å². The lowest BCUT2D eigenvalue weighted by atomic mass is 10.1. The van der Waals surface area contributed by atoms with Crippen LogP contribution in [-0.2, 0) is 11.2 Å². The van der Waals surface area contributed by atoms with Gasteiger partial charge in [-0.05, 0) is 51.3 Å². The molecule has 0 radical (unpaired) electrons. The lowest BCUT2D eigenvalue weighted by Gasteiger charge is -2.09. The summed E-state index contributed by atoms with van der Waals surface area (Å²) in [6, 6.07) is 12.1. The molecule has 0 heterocycles. The molecule has 1 nitrogen and oxygen atoms in total. The van der Waals surface area contributed by atoms with Gasteiger partial charge in [-0.25, -0.2) is 0 Å². The summed E-state index contributed by atoms with van der Waals surface area (Å²) in [6.07, 6.45) is 1.73. The zero-order valence-corrected chi connectivity index (χ0v) is 10.6. The summed E-state index contributed by atoms with van der Waals surface area (Å²) in [4.78, 5) is 0.948. The van der Waals surface area contributed by atoms with Crippen LogP contribution in [0.3, 0.4) is 0 Å². The fourth-order valence-electron chi connectivity index (χ4n) is 1.51. The summed E-state index contributed by atoms with van der Waals surface area (Å²) in [6.45, 7) is 0. The van der Waals surface area contributed by atoms with E-state index >= 15 is 0 Å². The highest BCUT2D eigenvalue weighted by molar-refractivity contribution is 14.1. The van der Waals surface area contributed by atoms with Crippen molar-refractivity contribution >= 4 is 44.5 Å². The maximum Gasteiger partial charge on any atom is 0.173 e. The van der Waals surface area contributed by atoms with Gasteiger partial charge >= 0.3 is 0 Å². The SMILES string of the molecule is C[S+]([O-])c1c(I)ccc2ccccc12. The van der Waals surface area contributed by atoms with Crippen LogP contribution in [-0.4, -0.2) is 10.8 Å².